The van der Waals surface area contributed by atoms with E-state index < -0.39 is 0 Å². The van der Waals surface area contributed by atoms with E-state index in [1.807, 2.05) is 30.3 Å². The first kappa shape index (κ1) is 14.9. The van der Waals surface area contributed by atoms with Gasteiger partial charge in [-0.3, -0.25) is 0 Å². The Morgan fingerprint density at radius 3 is 2.46 bits per heavy atom. The molecule has 0 saturated carbocycles. The van der Waals surface area contributed by atoms with Gasteiger partial charge >= 0.3 is 0 Å². The lowest BCUT2D eigenvalue weighted by atomic mass is 10.1. The number of nitrogens with zero attached hydrogens (tertiary/aromatic N) is 3. The Hall–Kier alpha value is -3.40. The van der Waals surface area contributed by atoms with Crippen molar-refractivity contribution in [2.45, 2.75) is 13.5 Å². The number of aryl methyl sites for hydroxylation is 1. The quantitative estimate of drug-likeness (QED) is 0.570. The molecule has 4 aromatic rings. The van der Waals surface area contributed by atoms with Gasteiger partial charge in [-0.15, -0.1) is 0 Å². The van der Waals surface area contributed by atoms with Gasteiger partial charge in [-0.1, -0.05) is 42.5 Å². The van der Waals surface area contributed by atoms with Crippen molar-refractivity contribution >= 4 is 39.2 Å². The minimum absolute atomic E-state index is 0.531. The first-order valence-corrected chi connectivity index (χ1v) is 8.80. The summed E-state index contributed by atoms with van der Waals surface area (Å²) in [7, 11) is 0. The second kappa shape index (κ2) is 5.56. The molecule has 1 aliphatic heterocycles. The van der Waals surface area contributed by atoms with Crippen LogP contribution < -0.4 is 5.73 Å². The SMILES string of the molecule is CCn1c2ccccc2c2cc(N=C3N=C(N)c4ccccc43)ccc21. The van der Waals surface area contributed by atoms with Crippen molar-refractivity contribution in [1.29, 1.82) is 0 Å². The van der Waals surface area contributed by atoms with Crippen LogP contribution in [0.5, 0.6) is 0 Å². The molecule has 3 aromatic carbocycles. The summed E-state index contributed by atoms with van der Waals surface area (Å²) in [5.74, 6) is 1.21. The summed E-state index contributed by atoms with van der Waals surface area (Å²) in [5.41, 5.74) is 11.4. The largest absolute Gasteiger partial charge is 0.383 e. The van der Waals surface area contributed by atoms with Crippen molar-refractivity contribution in [3.63, 3.8) is 0 Å². The predicted molar refractivity (Wildman–Crippen MR) is 108 cm³/mol. The van der Waals surface area contributed by atoms with Crippen LogP contribution in [0, 0.1) is 0 Å². The third kappa shape index (κ3) is 2.09. The molecular formula is C22H18N4. The summed E-state index contributed by atoms with van der Waals surface area (Å²) in [6.07, 6.45) is 0. The third-order valence-corrected chi connectivity index (χ3v) is 4.98. The lowest BCUT2D eigenvalue weighted by Crippen LogP contribution is -2.09. The van der Waals surface area contributed by atoms with Gasteiger partial charge in [0.25, 0.3) is 0 Å². The van der Waals surface area contributed by atoms with Crippen LogP contribution in [-0.2, 0) is 6.54 Å². The highest BCUT2D eigenvalue weighted by Gasteiger charge is 2.19. The van der Waals surface area contributed by atoms with Crippen molar-refractivity contribution in [2.24, 2.45) is 15.7 Å². The number of aliphatic imine (C=N–C) groups is 2. The summed E-state index contributed by atoms with van der Waals surface area (Å²) < 4.78 is 2.34. The van der Waals surface area contributed by atoms with Crippen LogP contribution in [0.3, 0.4) is 0 Å². The number of hydrogen-bond donors (Lipinski definition) is 1. The van der Waals surface area contributed by atoms with Gasteiger partial charge in [-0.2, -0.15) is 0 Å². The molecule has 0 aliphatic carbocycles. The summed E-state index contributed by atoms with van der Waals surface area (Å²) in [6.45, 7) is 3.11. The fourth-order valence-corrected chi connectivity index (χ4v) is 3.80. The predicted octanol–water partition coefficient (Wildman–Crippen LogP) is 4.61. The van der Waals surface area contributed by atoms with Gasteiger partial charge < -0.3 is 10.3 Å². The fraction of sp³-hybridized carbons (Fsp3) is 0.0909. The van der Waals surface area contributed by atoms with Gasteiger partial charge in [0.1, 0.15) is 5.84 Å². The molecule has 0 spiro atoms. The second-order valence-corrected chi connectivity index (χ2v) is 6.44. The van der Waals surface area contributed by atoms with Crippen LogP contribution in [0.4, 0.5) is 5.69 Å². The maximum absolute atomic E-state index is 6.04. The topological polar surface area (TPSA) is 55.7 Å². The highest BCUT2D eigenvalue weighted by Crippen LogP contribution is 2.32. The van der Waals surface area contributed by atoms with Crippen LogP contribution in [0.2, 0.25) is 0 Å². The number of nitrogens with two attached hydrogens (primary N) is 1. The van der Waals surface area contributed by atoms with E-state index in [0.717, 1.165) is 23.4 Å². The second-order valence-electron chi connectivity index (χ2n) is 6.44. The normalized spacial score (nSPS) is 15.0. The van der Waals surface area contributed by atoms with Crippen molar-refractivity contribution < 1.29 is 0 Å². The number of fused-ring (bicyclic) bond motifs is 4. The fourth-order valence-electron chi connectivity index (χ4n) is 3.80. The van der Waals surface area contributed by atoms with Gasteiger partial charge in [0, 0.05) is 39.5 Å². The van der Waals surface area contributed by atoms with Crippen LogP contribution in [0.15, 0.2) is 76.7 Å². The first-order valence-electron chi connectivity index (χ1n) is 8.80. The monoisotopic (exact) mass is 338 g/mol. The summed E-state index contributed by atoms with van der Waals surface area (Å²) in [6, 6.07) is 22.8. The number of benzene rings is 3. The maximum atomic E-state index is 6.04. The lowest BCUT2D eigenvalue weighted by Gasteiger charge is -2.03. The molecular weight excluding hydrogens is 320 g/mol. The number of rotatable bonds is 2. The number of aromatic nitrogens is 1. The highest BCUT2D eigenvalue weighted by atomic mass is 15.0. The Morgan fingerprint density at radius 2 is 1.62 bits per heavy atom. The Kier molecular flexibility index (Phi) is 3.19. The van der Waals surface area contributed by atoms with E-state index in [2.05, 4.69) is 52.9 Å². The average Bonchev–Trinajstić information content (AvgIpc) is 3.17. The van der Waals surface area contributed by atoms with Crippen LogP contribution in [0.1, 0.15) is 18.1 Å². The zero-order chi connectivity index (χ0) is 17.7. The smallest absolute Gasteiger partial charge is 0.162 e. The molecule has 4 heteroatoms. The Bertz CT molecular complexity index is 1230. The molecule has 0 amide bonds. The van der Waals surface area contributed by atoms with Crippen molar-refractivity contribution in [2.75, 3.05) is 0 Å². The van der Waals surface area contributed by atoms with E-state index in [0.29, 0.717) is 11.7 Å². The number of para-hydroxylation sites is 1. The van der Waals surface area contributed by atoms with Crippen LogP contribution in [0.25, 0.3) is 21.8 Å². The van der Waals surface area contributed by atoms with Crippen molar-refractivity contribution in [1.82, 2.24) is 4.57 Å². The van der Waals surface area contributed by atoms with Gasteiger partial charge in [0.2, 0.25) is 0 Å². The van der Waals surface area contributed by atoms with E-state index >= 15 is 0 Å². The summed E-state index contributed by atoms with van der Waals surface area (Å²) in [4.78, 5) is 9.24. The molecule has 0 saturated heterocycles. The van der Waals surface area contributed by atoms with Gasteiger partial charge in [0.15, 0.2) is 5.84 Å². The molecule has 0 bridgehead atoms. The number of amidine groups is 2. The van der Waals surface area contributed by atoms with E-state index in [-0.39, 0.29) is 0 Å². The molecule has 0 radical (unpaired) electrons. The van der Waals surface area contributed by atoms with Crippen LogP contribution in [-0.4, -0.2) is 16.2 Å². The lowest BCUT2D eigenvalue weighted by molar-refractivity contribution is 0.827. The van der Waals surface area contributed by atoms with E-state index in [9.17, 15) is 0 Å². The average molecular weight is 338 g/mol. The van der Waals surface area contributed by atoms with Crippen molar-refractivity contribution in [3.05, 3.63) is 77.9 Å². The molecule has 2 N–H and O–H groups in total. The standard InChI is InChI=1S/C22H18N4/c1-2-26-19-10-6-5-7-15(19)18-13-14(11-12-20(18)26)24-22-17-9-4-3-8-16(17)21(23)25-22/h3-13H,2H2,1H3,(H2,23,24,25). The Morgan fingerprint density at radius 1 is 0.885 bits per heavy atom. The van der Waals surface area contributed by atoms with Gasteiger partial charge in [-0.05, 0) is 31.2 Å². The van der Waals surface area contributed by atoms with Crippen LogP contribution >= 0.6 is 0 Å². The highest BCUT2D eigenvalue weighted by molar-refractivity contribution is 6.22. The first-order chi connectivity index (χ1) is 12.8. The maximum Gasteiger partial charge on any atom is 0.162 e. The zero-order valence-corrected chi connectivity index (χ0v) is 14.5. The summed E-state index contributed by atoms with van der Waals surface area (Å²) >= 11 is 0. The minimum atomic E-state index is 0.531. The van der Waals surface area contributed by atoms with E-state index in [4.69, 9.17) is 10.7 Å². The zero-order valence-electron chi connectivity index (χ0n) is 14.5. The molecule has 2 heterocycles. The Balaban J connectivity index is 1.71. The number of hydrogen-bond acceptors (Lipinski definition) is 2. The van der Waals surface area contributed by atoms with Gasteiger partial charge in [0.05, 0.1) is 5.69 Å². The van der Waals surface area contributed by atoms with Crippen molar-refractivity contribution in [3.8, 4) is 0 Å². The molecule has 0 unspecified atom stereocenters. The van der Waals surface area contributed by atoms with E-state index in [1.54, 1.807) is 0 Å². The van der Waals surface area contributed by atoms with E-state index in [1.165, 1.54) is 21.8 Å². The molecule has 1 aliphatic rings. The molecule has 126 valence electrons. The molecule has 1 aromatic heterocycles. The molecule has 5 rings (SSSR count). The molecule has 4 nitrogen and oxygen atoms in total. The molecule has 0 atom stereocenters. The molecule has 0 fully saturated rings. The third-order valence-electron chi connectivity index (χ3n) is 4.98. The summed E-state index contributed by atoms with van der Waals surface area (Å²) in [5, 5.41) is 2.47. The molecule has 26 heavy (non-hydrogen) atoms. The van der Waals surface area contributed by atoms with Gasteiger partial charge in [-0.25, -0.2) is 9.98 Å². The minimum Gasteiger partial charge on any atom is -0.383 e. The Labute approximate surface area is 151 Å².